The predicted molar refractivity (Wildman–Crippen MR) is 95.5 cm³/mol. The summed E-state index contributed by atoms with van der Waals surface area (Å²) in [7, 11) is -3.62. The third kappa shape index (κ3) is 5.70. The fraction of sp³-hybridized carbons (Fsp3) is 0.562. The second-order valence-corrected chi connectivity index (χ2v) is 7.96. The first kappa shape index (κ1) is 19.8. The number of sulfonamides is 1. The van der Waals surface area contributed by atoms with Crippen molar-refractivity contribution in [2.24, 2.45) is 0 Å². The molecule has 0 aliphatic heterocycles. The van der Waals surface area contributed by atoms with E-state index in [0.717, 1.165) is 35.4 Å². The number of nitrogens with zero attached hydrogens (tertiary/aromatic N) is 1. The highest BCUT2D eigenvalue weighted by atomic mass is 35.5. The van der Waals surface area contributed by atoms with Crippen LogP contribution >= 0.6 is 11.6 Å². The number of unbranched alkanes of at least 4 members (excludes halogenated alkanes) is 2. The number of amides is 1. The van der Waals surface area contributed by atoms with E-state index in [9.17, 15) is 13.2 Å². The van der Waals surface area contributed by atoms with Crippen LogP contribution in [0.1, 0.15) is 38.7 Å². The maximum Gasteiger partial charge on any atom is 0.243 e. The van der Waals surface area contributed by atoms with Crippen LogP contribution in [0, 0.1) is 6.92 Å². The summed E-state index contributed by atoms with van der Waals surface area (Å²) in [4.78, 5) is 12.3. The fourth-order valence-corrected chi connectivity index (χ4v) is 3.73. The van der Waals surface area contributed by atoms with Crippen molar-refractivity contribution in [3.63, 3.8) is 0 Å². The van der Waals surface area contributed by atoms with Gasteiger partial charge in [-0.05, 0) is 38.0 Å². The highest BCUT2D eigenvalue weighted by Crippen LogP contribution is 2.28. The summed E-state index contributed by atoms with van der Waals surface area (Å²) in [6.45, 7) is 5.99. The van der Waals surface area contributed by atoms with Gasteiger partial charge >= 0.3 is 0 Å². The highest BCUT2D eigenvalue weighted by Gasteiger charge is 2.30. The molecule has 0 fully saturated rings. The summed E-state index contributed by atoms with van der Waals surface area (Å²) in [5.74, 6) is -0.314. The van der Waals surface area contributed by atoms with Crippen LogP contribution < -0.4 is 9.62 Å². The molecular weight excluding hydrogens is 336 g/mol. The first-order valence-electron chi connectivity index (χ1n) is 7.71. The standard InChI is InChI=1S/C16H25ClN2O3S/c1-5-6-7-10-18-16(20)13(3)19(23(4,21)22)15-11-14(17)9-8-12(15)2/h8-9,11,13H,5-7,10H2,1-4H3,(H,18,20)/t13-/m0/s1. The van der Waals surface area contributed by atoms with Crippen LogP contribution in [0.2, 0.25) is 5.02 Å². The van der Waals surface area contributed by atoms with E-state index in [1.165, 1.54) is 0 Å². The molecule has 1 aromatic carbocycles. The first-order chi connectivity index (χ1) is 10.7. The number of nitrogens with one attached hydrogen (secondary N) is 1. The Balaban J connectivity index is 3.03. The van der Waals surface area contributed by atoms with E-state index in [1.807, 2.05) is 0 Å². The lowest BCUT2D eigenvalue weighted by Crippen LogP contribution is -2.48. The maximum absolute atomic E-state index is 12.3. The Morgan fingerprint density at radius 1 is 1.35 bits per heavy atom. The number of hydrogen-bond acceptors (Lipinski definition) is 3. The lowest BCUT2D eigenvalue weighted by Gasteiger charge is -2.29. The Hall–Kier alpha value is -1.27. The summed E-state index contributed by atoms with van der Waals surface area (Å²) in [5.41, 5.74) is 1.17. The van der Waals surface area contributed by atoms with E-state index >= 15 is 0 Å². The molecule has 5 nitrogen and oxygen atoms in total. The molecular formula is C16H25ClN2O3S. The maximum atomic E-state index is 12.3. The van der Waals surface area contributed by atoms with E-state index in [1.54, 1.807) is 32.0 Å². The average molecular weight is 361 g/mol. The van der Waals surface area contributed by atoms with Gasteiger partial charge in [-0.3, -0.25) is 9.10 Å². The molecule has 1 rings (SSSR count). The molecule has 0 saturated carbocycles. The van der Waals surface area contributed by atoms with Crippen LogP contribution in [0.25, 0.3) is 0 Å². The van der Waals surface area contributed by atoms with E-state index in [2.05, 4.69) is 12.2 Å². The minimum absolute atomic E-state index is 0.314. The lowest BCUT2D eigenvalue weighted by molar-refractivity contribution is -0.121. The second kappa shape index (κ2) is 8.55. The van der Waals surface area contributed by atoms with Crippen molar-refractivity contribution in [1.29, 1.82) is 0 Å². The van der Waals surface area contributed by atoms with Gasteiger partial charge in [-0.25, -0.2) is 8.42 Å². The first-order valence-corrected chi connectivity index (χ1v) is 9.94. The van der Waals surface area contributed by atoms with Gasteiger partial charge in [0.15, 0.2) is 0 Å². The van der Waals surface area contributed by atoms with Crippen molar-refractivity contribution in [1.82, 2.24) is 5.32 Å². The van der Waals surface area contributed by atoms with Crippen molar-refractivity contribution in [3.05, 3.63) is 28.8 Å². The number of hydrogen-bond donors (Lipinski definition) is 1. The molecule has 0 saturated heterocycles. The number of benzene rings is 1. The molecule has 0 aliphatic carbocycles. The van der Waals surface area contributed by atoms with Crippen LogP contribution in [0.15, 0.2) is 18.2 Å². The lowest BCUT2D eigenvalue weighted by atomic mass is 10.1. The monoisotopic (exact) mass is 360 g/mol. The van der Waals surface area contributed by atoms with Gasteiger partial charge in [0.05, 0.1) is 11.9 Å². The Bertz CT molecular complexity index is 647. The number of carbonyl (C=O) groups is 1. The molecule has 0 heterocycles. The zero-order chi connectivity index (χ0) is 17.6. The number of aryl methyl sites for hydroxylation is 1. The van der Waals surface area contributed by atoms with Crippen molar-refractivity contribution in [3.8, 4) is 0 Å². The Morgan fingerprint density at radius 3 is 2.57 bits per heavy atom. The predicted octanol–water partition coefficient (Wildman–Crippen LogP) is 3.11. The second-order valence-electron chi connectivity index (χ2n) is 5.66. The number of halogens is 1. The molecule has 0 aliphatic rings. The molecule has 7 heteroatoms. The van der Waals surface area contributed by atoms with Crippen LogP contribution in [0.3, 0.4) is 0 Å². The number of carbonyl (C=O) groups excluding carboxylic acids is 1. The fourth-order valence-electron chi connectivity index (χ4n) is 2.34. The summed E-state index contributed by atoms with van der Waals surface area (Å²) < 4.78 is 25.6. The van der Waals surface area contributed by atoms with Crippen LogP contribution in [0.5, 0.6) is 0 Å². The van der Waals surface area contributed by atoms with Gasteiger partial charge in [0.1, 0.15) is 6.04 Å². The Labute approximate surface area is 144 Å². The smallest absolute Gasteiger partial charge is 0.243 e. The van der Waals surface area contributed by atoms with Crippen LogP contribution in [-0.4, -0.2) is 33.2 Å². The molecule has 0 radical (unpaired) electrons. The molecule has 1 amide bonds. The van der Waals surface area contributed by atoms with Crippen LogP contribution in [-0.2, 0) is 14.8 Å². The molecule has 1 atom stereocenters. The van der Waals surface area contributed by atoms with E-state index in [4.69, 9.17) is 11.6 Å². The normalized spacial score (nSPS) is 12.7. The van der Waals surface area contributed by atoms with Gasteiger partial charge in [-0.15, -0.1) is 0 Å². The third-order valence-electron chi connectivity index (χ3n) is 3.58. The van der Waals surface area contributed by atoms with E-state index < -0.39 is 16.1 Å². The van der Waals surface area contributed by atoms with Crippen molar-refractivity contribution in [2.75, 3.05) is 17.1 Å². The highest BCUT2D eigenvalue weighted by molar-refractivity contribution is 7.92. The number of rotatable bonds is 8. The summed E-state index contributed by atoms with van der Waals surface area (Å²) in [6.07, 6.45) is 4.05. The SMILES string of the molecule is CCCCCNC(=O)[C@H](C)N(c1cc(Cl)ccc1C)S(C)(=O)=O. The van der Waals surface area contributed by atoms with Gasteiger partial charge in [0.25, 0.3) is 0 Å². The number of anilines is 1. The zero-order valence-corrected chi connectivity index (χ0v) is 15.7. The molecule has 23 heavy (non-hydrogen) atoms. The largest absolute Gasteiger partial charge is 0.354 e. The molecule has 1 N–H and O–H groups in total. The van der Waals surface area contributed by atoms with Gasteiger partial charge in [0, 0.05) is 11.6 Å². The average Bonchev–Trinajstić information content (AvgIpc) is 2.45. The van der Waals surface area contributed by atoms with Crippen molar-refractivity contribution < 1.29 is 13.2 Å². The molecule has 0 bridgehead atoms. The van der Waals surface area contributed by atoms with Gasteiger partial charge in [-0.1, -0.05) is 37.4 Å². The summed E-state index contributed by atoms with van der Waals surface area (Å²) in [5, 5.41) is 3.22. The molecule has 0 unspecified atom stereocenters. The Morgan fingerprint density at radius 2 is 2.00 bits per heavy atom. The topological polar surface area (TPSA) is 66.5 Å². The minimum Gasteiger partial charge on any atom is -0.354 e. The van der Waals surface area contributed by atoms with Crippen molar-refractivity contribution in [2.45, 2.75) is 46.1 Å². The molecule has 130 valence electrons. The van der Waals surface area contributed by atoms with Gasteiger partial charge < -0.3 is 5.32 Å². The van der Waals surface area contributed by atoms with E-state index in [0.29, 0.717) is 17.3 Å². The molecule has 1 aromatic rings. The van der Waals surface area contributed by atoms with Gasteiger partial charge in [-0.2, -0.15) is 0 Å². The summed E-state index contributed by atoms with van der Waals surface area (Å²) in [6, 6.07) is 4.15. The van der Waals surface area contributed by atoms with Gasteiger partial charge in [0.2, 0.25) is 15.9 Å². The minimum atomic E-state index is -3.62. The Kier molecular flexibility index (Phi) is 7.35. The third-order valence-corrected chi connectivity index (χ3v) is 5.04. The van der Waals surface area contributed by atoms with Crippen molar-refractivity contribution >= 4 is 33.2 Å². The van der Waals surface area contributed by atoms with Crippen LogP contribution in [0.4, 0.5) is 5.69 Å². The molecule has 0 spiro atoms. The summed E-state index contributed by atoms with van der Waals surface area (Å²) >= 11 is 5.99. The van der Waals surface area contributed by atoms with E-state index in [-0.39, 0.29) is 5.91 Å². The molecule has 0 aromatic heterocycles. The zero-order valence-electron chi connectivity index (χ0n) is 14.1. The quantitative estimate of drug-likeness (QED) is 0.724.